The first-order valence-corrected chi connectivity index (χ1v) is 13.1. The monoisotopic (exact) mass is 511 g/mol. The summed E-state index contributed by atoms with van der Waals surface area (Å²) in [6.45, 7) is 9.73. The van der Waals surface area contributed by atoms with E-state index in [1.165, 1.54) is 0 Å². The Kier molecular flexibility index (Phi) is 8.52. The van der Waals surface area contributed by atoms with Crippen LogP contribution < -0.4 is 15.4 Å². The maximum Gasteiger partial charge on any atom is 0.257 e. The Morgan fingerprint density at radius 1 is 0.921 bits per heavy atom. The number of piperidine rings is 1. The number of hydrogen-bond donors (Lipinski definition) is 2. The van der Waals surface area contributed by atoms with Crippen molar-refractivity contribution in [3.8, 4) is 5.75 Å². The van der Waals surface area contributed by atoms with Gasteiger partial charge in [-0.2, -0.15) is 0 Å². The van der Waals surface area contributed by atoms with Crippen LogP contribution in [-0.2, 0) is 17.8 Å². The molecule has 0 saturated carbocycles. The molecular formula is C32H37N3O3. The van der Waals surface area contributed by atoms with Crippen LogP contribution in [0.5, 0.6) is 5.75 Å². The summed E-state index contributed by atoms with van der Waals surface area (Å²) >= 11 is 0. The minimum atomic E-state index is -0.527. The smallest absolute Gasteiger partial charge is 0.257 e. The number of aryl methyl sites for hydroxylation is 2. The van der Waals surface area contributed by atoms with Crippen LogP contribution in [0.4, 0.5) is 0 Å². The number of carbonyl (C=O) groups excluding carboxylic acids is 2. The van der Waals surface area contributed by atoms with Gasteiger partial charge in [0.25, 0.3) is 5.91 Å². The summed E-state index contributed by atoms with van der Waals surface area (Å²) in [6.07, 6.45) is 2.00. The lowest BCUT2D eigenvalue weighted by Gasteiger charge is -2.42. The Balaban J connectivity index is 1.43. The van der Waals surface area contributed by atoms with Crippen LogP contribution in [-0.4, -0.2) is 36.9 Å². The van der Waals surface area contributed by atoms with Gasteiger partial charge >= 0.3 is 0 Å². The third-order valence-corrected chi connectivity index (χ3v) is 7.51. The van der Waals surface area contributed by atoms with Crippen molar-refractivity contribution in [3.05, 3.63) is 113 Å². The van der Waals surface area contributed by atoms with E-state index in [4.69, 9.17) is 4.74 Å². The molecule has 1 heterocycles. The summed E-state index contributed by atoms with van der Waals surface area (Å²) in [6, 6.07) is 23.9. The summed E-state index contributed by atoms with van der Waals surface area (Å²) in [7, 11) is 1.62. The third kappa shape index (κ3) is 6.25. The molecule has 2 amide bonds. The van der Waals surface area contributed by atoms with Gasteiger partial charge in [-0.25, -0.2) is 0 Å². The van der Waals surface area contributed by atoms with E-state index in [0.717, 1.165) is 28.0 Å². The first-order valence-electron chi connectivity index (χ1n) is 13.1. The molecule has 198 valence electrons. The van der Waals surface area contributed by atoms with Crippen molar-refractivity contribution in [2.24, 2.45) is 5.41 Å². The highest BCUT2D eigenvalue weighted by Gasteiger charge is 2.41. The van der Waals surface area contributed by atoms with Gasteiger partial charge in [0.1, 0.15) is 11.6 Å². The lowest BCUT2D eigenvalue weighted by Crippen LogP contribution is -2.51. The van der Waals surface area contributed by atoms with Crippen molar-refractivity contribution in [1.82, 2.24) is 15.5 Å². The van der Waals surface area contributed by atoms with E-state index in [9.17, 15) is 9.59 Å². The topological polar surface area (TPSA) is 70.7 Å². The molecule has 0 spiro atoms. The van der Waals surface area contributed by atoms with Crippen molar-refractivity contribution < 1.29 is 14.3 Å². The van der Waals surface area contributed by atoms with Gasteiger partial charge in [-0.15, -0.1) is 0 Å². The van der Waals surface area contributed by atoms with Gasteiger partial charge in [0, 0.05) is 25.2 Å². The Labute approximate surface area is 225 Å². The number of nitrogens with one attached hydrogen (secondary N) is 2. The van der Waals surface area contributed by atoms with E-state index in [-0.39, 0.29) is 11.8 Å². The lowest BCUT2D eigenvalue weighted by molar-refractivity contribution is -0.133. The van der Waals surface area contributed by atoms with Crippen molar-refractivity contribution in [1.29, 1.82) is 0 Å². The largest absolute Gasteiger partial charge is 0.496 e. The highest BCUT2D eigenvalue weighted by atomic mass is 16.5. The van der Waals surface area contributed by atoms with Gasteiger partial charge in [0.15, 0.2) is 0 Å². The van der Waals surface area contributed by atoms with Gasteiger partial charge in [-0.05, 0) is 67.5 Å². The van der Waals surface area contributed by atoms with Crippen molar-refractivity contribution in [2.75, 3.05) is 20.2 Å². The molecule has 38 heavy (non-hydrogen) atoms. The average molecular weight is 512 g/mol. The molecule has 0 aliphatic carbocycles. The quantitative estimate of drug-likeness (QED) is 0.417. The summed E-state index contributed by atoms with van der Waals surface area (Å²) in [5.74, 6) is 1.19. The summed E-state index contributed by atoms with van der Waals surface area (Å²) in [5, 5.41) is 6.16. The molecule has 3 aromatic rings. The normalized spacial score (nSPS) is 14.4. The predicted octanol–water partition coefficient (Wildman–Crippen LogP) is 5.15. The van der Waals surface area contributed by atoms with E-state index < -0.39 is 5.41 Å². The maximum absolute atomic E-state index is 13.6. The van der Waals surface area contributed by atoms with E-state index >= 15 is 0 Å². The predicted molar refractivity (Wildman–Crippen MR) is 151 cm³/mol. The molecule has 1 aliphatic rings. The zero-order valence-electron chi connectivity index (χ0n) is 22.5. The second-order valence-electron chi connectivity index (χ2n) is 10.1. The lowest BCUT2D eigenvalue weighted by atomic mass is 9.73. The van der Waals surface area contributed by atoms with Gasteiger partial charge in [-0.3, -0.25) is 9.59 Å². The van der Waals surface area contributed by atoms with Crippen LogP contribution in [0.1, 0.15) is 45.5 Å². The van der Waals surface area contributed by atoms with E-state index in [2.05, 4.69) is 34.2 Å². The number of likely N-dealkylation sites (tertiary alicyclic amines) is 1. The Hall–Kier alpha value is -4.06. The number of carbonyl (C=O) groups is 2. The molecule has 6 nitrogen and oxygen atoms in total. The molecule has 0 bridgehead atoms. The summed E-state index contributed by atoms with van der Waals surface area (Å²) < 4.78 is 5.37. The number of hydrogen-bond acceptors (Lipinski definition) is 4. The van der Waals surface area contributed by atoms with Gasteiger partial charge < -0.3 is 20.3 Å². The number of rotatable bonds is 9. The zero-order valence-corrected chi connectivity index (χ0v) is 22.5. The summed E-state index contributed by atoms with van der Waals surface area (Å²) in [5.41, 5.74) is 4.04. The van der Waals surface area contributed by atoms with Crippen LogP contribution >= 0.6 is 0 Å². The fourth-order valence-corrected chi connectivity index (χ4v) is 5.17. The molecule has 1 aliphatic heterocycles. The van der Waals surface area contributed by atoms with Crippen LogP contribution in [0.25, 0.3) is 0 Å². The minimum Gasteiger partial charge on any atom is -0.496 e. The SMILES string of the molecule is C=C(NC(=O)c1cc(C)c(OC)cc1C)N1CCC(Cc2ccccc2)(C(=O)NCc2ccccc2)CC1. The number of ether oxygens (including phenoxy) is 1. The van der Waals surface area contributed by atoms with Crippen molar-refractivity contribution in [3.63, 3.8) is 0 Å². The second kappa shape index (κ2) is 12.0. The highest BCUT2D eigenvalue weighted by molar-refractivity contribution is 5.97. The Morgan fingerprint density at radius 3 is 2.13 bits per heavy atom. The number of benzene rings is 3. The summed E-state index contributed by atoms with van der Waals surface area (Å²) in [4.78, 5) is 28.8. The number of amides is 2. The Morgan fingerprint density at radius 2 is 1.53 bits per heavy atom. The molecule has 0 radical (unpaired) electrons. The number of nitrogens with zero attached hydrogens (tertiary/aromatic N) is 1. The van der Waals surface area contributed by atoms with Crippen LogP contribution in [0.2, 0.25) is 0 Å². The Bertz CT molecular complexity index is 1280. The fraction of sp³-hybridized carbons (Fsp3) is 0.312. The molecule has 3 aromatic carbocycles. The van der Waals surface area contributed by atoms with E-state index in [0.29, 0.717) is 50.3 Å². The molecule has 2 N–H and O–H groups in total. The molecule has 4 rings (SSSR count). The van der Waals surface area contributed by atoms with Crippen LogP contribution in [0.3, 0.4) is 0 Å². The molecule has 0 unspecified atom stereocenters. The molecule has 1 saturated heterocycles. The molecule has 0 atom stereocenters. The fourth-order valence-electron chi connectivity index (χ4n) is 5.17. The van der Waals surface area contributed by atoms with Crippen molar-refractivity contribution >= 4 is 11.8 Å². The van der Waals surface area contributed by atoms with Gasteiger partial charge in [0.2, 0.25) is 5.91 Å². The third-order valence-electron chi connectivity index (χ3n) is 7.51. The minimum absolute atomic E-state index is 0.0730. The van der Waals surface area contributed by atoms with Crippen molar-refractivity contribution in [2.45, 2.75) is 39.7 Å². The first kappa shape index (κ1) is 27.0. The van der Waals surface area contributed by atoms with E-state index in [1.807, 2.05) is 74.5 Å². The average Bonchev–Trinajstić information content (AvgIpc) is 2.94. The van der Waals surface area contributed by atoms with Crippen LogP contribution in [0.15, 0.2) is 85.2 Å². The highest BCUT2D eigenvalue weighted by Crippen LogP contribution is 2.36. The van der Waals surface area contributed by atoms with Crippen LogP contribution in [0, 0.1) is 19.3 Å². The molecule has 0 aromatic heterocycles. The first-order chi connectivity index (χ1) is 18.3. The standard InChI is InChI=1S/C32H37N3O3/c1-23-20-29(38-4)24(2)19-28(23)30(36)34-25(3)35-17-15-32(16-18-35,21-26-11-7-5-8-12-26)31(37)33-22-27-13-9-6-10-14-27/h5-14,19-20H,3,15-18,21-22H2,1-2,4H3,(H,33,37)(H,34,36). The second-order valence-corrected chi connectivity index (χ2v) is 10.1. The number of methoxy groups -OCH3 is 1. The maximum atomic E-state index is 13.6. The molecule has 6 heteroatoms. The molecular weight excluding hydrogens is 474 g/mol. The zero-order chi connectivity index (χ0) is 27.1. The van der Waals surface area contributed by atoms with E-state index in [1.54, 1.807) is 7.11 Å². The van der Waals surface area contributed by atoms with Gasteiger partial charge in [-0.1, -0.05) is 67.2 Å². The van der Waals surface area contributed by atoms with Gasteiger partial charge in [0.05, 0.1) is 12.5 Å². The molecule has 1 fully saturated rings.